The van der Waals surface area contributed by atoms with E-state index in [1.165, 1.54) is 16.8 Å². The molecule has 0 aliphatic carbocycles. The molecule has 0 radical (unpaired) electrons. The molecule has 0 aromatic heterocycles. The molecule has 2 atom stereocenters. The zero-order valence-corrected chi connectivity index (χ0v) is 18.5. The van der Waals surface area contributed by atoms with Crippen molar-refractivity contribution in [3.05, 3.63) is 71.3 Å². The average Bonchev–Trinajstić information content (AvgIpc) is 3.14. The van der Waals surface area contributed by atoms with E-state index in [2.05, 4.69) is 12.0 Å². The molecule has 7 heteroatoms. The van der Waals surface area contributed by atoms with E-state index in [1.54, 1.807) is 0 Å². The largest absolute Gasteiger partial charge is 0.344 e. The van der Waals surface area contributed by atoms with Crippen LogP contribution in [0, 0.1) is 17.6 Å². The highest BCUT2D eigenvalue weighted by atomic mass is 32.2. The van der Waals surface area contributed by atoms with Crippen LogP contribution in [0.4, 0.5) is 8.78 Å². The fourth-order valence-corrected chi connectivity index (χ4v) is 4.80. The number of benzene rings is 2. The van der Waals surface area contributed by atoms with E-state index in [4.69, 9.17) is 0 Å². The minimum atomic E-state index is -0.772. The second-order valence-corrected chi connectivity index (χ2v) is 8.61. The summed E-state index contributed by atoms with van der Waals surface area (Å²) in [6.07, 6.45) is 3.17. The van der Waals surface area contributed by atoms with Gasteiger partial charge in [-0.25, -0.2) is 13.8 Å². The maximum absolute atomic E-state index is 14.5. The Balaban J connectivity index is 0.00000320. The molecule has 4 nitrogen and oxygen atoms in total. The summed E-state index contributed by atoms with van der Waals surface area (Å²) < 4.78 is 28.4. The van der Waals surface area contributed by atoms with Crippen molar-refractivity contribution in [1.29, 1.82) is 0 Å². The van der Waals surface area contributed by atoms with Crippen LogP contribution in [0.3, 0.4) is 0 Å². The molecule has 3 rings (SSSR count). The maximum Gasteiger partial charge on any atom is 0.247 e. The molecule has 0 bridgehead atoms. The van der Waals surface area contributed by atoms with Crippen LogP contribution < -0.4 is 6.15 Å². The Morgan fingerprint density at radius 3 is 2.50 bits per heavy atom. The van der Waals surface area contributed by atoms with E-state index >= 15 is 0 Å². The van der Waals surface area contributed by atoms with Crippen molar-refractivity contribution >= 4 is 22.7 Å². The van der Waals surface area contributed by atoms with Crippen LogP contribution in [0.1, 0.15) is 57.6 Å². The number of unbranched alkanes of at least 4 members (excludes halogenated alkanes) is 1. The average molecular weight is 434 g/mol. The molecule has 0 fully saturated rings. The monoisotopic (exact) mass is 433 g/mol. The normalized spacial score (nSPS) is 19.2. The lowest BCUT2D eigenvalue weighted by Gasteiger charge is -2.37. The van der Waals surface area contributed by atoms with Crippen LogP contribution in [0.15, 0.2) is 53.6 Å². The van der Waals surface area contributed by atoms with E-state index < -0.39 is 16.5 Å². The van der Waals surface area contributed by atoms with Gasteiger partial charge >= 0.3 is 0 Å². The number of hydrogen-bond donors (Lipinski definition) is 1. The third-order valence-corrected chi connectivity index (χ3v) is 6.74. The van der Waals surface area contributed by atoms with Gasteiger partial charge in [0.2, 0.25) is 5.91 Å². The predicted octanol–water partition coefficient (Wildman–Crippen LogP) is 6.45. The third kappa shape index (κ3) is 4.57. The number of thioether (sulfide) groups is 1. The first-order valence-electron chi connectivity index (χ1n) is 10.1. The van der Waals surface area contributed by atoms with Gasteiger partial charge in [-0.3, -0.25) is 4.79 Å². The minimum absolute atomic E-state index is 0. The lowest BCUT2D eigenvalue weighted by Crippen LogP contribution is -2.43. The Kier molecular flexibility index (Phi) is 8.15. The Morgan fingerprint density at radius 1 is 1.17 bits per heavy atom. The molecule has 1 aliphatic heterocycles. The fourth-order valence-electron chi connectivity index (χ4n) is 3.37. The van der Waals surface area contributed by atoms with E-state index in [0.717, 1.165) is 36.6 Å². The first-order valence-corrected chi connectivity index (χ1v) is 10.9. The highest BCUT2D eigenvalue weighted by molar-refractivity contribution is 8.15. The molecule has 0 saturated heterocycles. The molecule has 1 heterocycles. The van der Waals surface area contributed by atoms with Crippen molar-refractivity contribution in [2.45, 2.75) is 51.3 Å². The number of amides is 1. The Bertz CT molecular complexity index is 907. The molecule has 30 heavy (non-hydrogen) atoms. The molecule has 1 unspecified atom stereocenters. The minimum Gasteiger partial charge on any atom is -0.344 e. The predicted molar refractivity (Wildman–Crippen MR) is 119 cm³/mol. The van der Waals surface area contributed by atoms with Crippen molar-refractivity contribution in [3.63, 3.8) is 0 Å². The Morgan fingerprint density at radius 2 is 1.87 bits per heavy atom. The topological polar surface area (TPSA) is 67.7 Å². The molecule has 1 aliphatic rings. The fraction of sp³-hybridized carbons (Fsp3) is 0.391. The van der Waals surface area contributed by atoms with E-state index in [-0.39, 0.29) is 23.5 Å². The first-order chi connectivity index (χ1) is 13.9. The molecule has 0 spiro atoms. The van der Waals surface area contributed by atoms with Crippen molar-refractivity contribution in [2.75, 3.05) is 0 Å². The number of rotatable bonds is 7. The molecule has 1 amide bonds. The second-order valence-electron chi connectivity index (χ2n) is 7.34. The summed E-state index contributed by atoms with van der Waals surface area (Å²) in [6, 6.07) is 13.1. The summed E-state index contributed by atoms with van der Waals surface area (Å²) in [5, 5.41) is 6.43. The summed E-state index contributed by atoms with van der Waals surface area (Å²) in [4.78, 5) is 12.5. The maximum atomic E-state index is 14.5. The van der Waals surface area contributed by atoms with Crippen LogP contribution >= 0.6 is 11.8 Å². The summed E-state index contributed by atoms with van der Waals surface area (Å²) in [6.45, 7) is 5.92. The van der Waals surface area contributed by atoms with Crippen molar-refractivity contribution in [2.24, 2.45) is 11.0 Å². The van der Waals surface area contributed by atoms with Gasteiger partial charge < -0.3 is 6.15 Å². The lowest BCUT2D eigenvalue weighted by molar-refractivity contribution is -0.138. The zero-order valence-electron chi connectivity index (χ0n) is 17.7. The molecule has 2 aromatic carbocycles. The molecule has 162 valence electrons. The second kappa shape index (κ2) is 10.2. The highest BCUT2D eigenvalue weighted by Gasteiger charge is 2.49. The first kappa shape index (κ1) is 24.0. The van der Waals surface area contributed by atoms with Gasteiger partial charge in [-0.1, -0.05) is 75.7 Å². The van der Waals surface area contributed by atoms with Gasteiger partial charge in [0.1, 0.15) is 21.5 Å². The zero-order chi connectivity index (χ0) is 21.0. The van der Waals surface area contributed by atoms with Crippen LogP contribution in [0.5, 0.6) is 0 Å². The van der Waals surface area contributed by atoms with Crippen molar-refractivity contribution < 1.29 is 13.6 Å². The summed E-state index contributed by atoms with van der Waals surface area (Å²) in [7, 11) is 0. The summed E-state index contributed by atoms with van der Waals surface area (Å²) >= 11 is 1.34. The van der Waals surface area contributed by atoms with E-state index in [0.29, 0.717) is 17.9 Å². The van der Waals surface area contributed by atoms with Crippen LogP contribution in [-0.4, -0.2) is 16.0 Å². The smallest absolute Gasteiger partial charge is 0.247 e. The van der Waals surface area contributed by atoms with Crippen LogP contribution in [0.25, 0.3) is 0 Å². The van der Waals surface area contributed by atoms with Crippen molar-refractivity contribution in [3.8, 4) is 0 Å². The van der Waals surface area contributed by atoms with Gasteiger partial charge in [-0.15, -0.1) is 0 Å². The van der Waals surface area contributed by atoms with Gasteiger partial charge in [-0.05, 0) is 36.6 Å². The number of hydrogen-bond acceptors (Lipinski definition) is 4. The van der Waals surface area contributed by atoms with Crippen molar-refractivity contribution in [1.82, 2.24) is 11.2 Å². The van der Waals surface area contributed by atoms with E-state index in [1.807, 2.05) is 44.2 Å². The van der Waals surface area contributed by atoms with Gasteiger partial charge in [0.05, 0.1) is 0 Å². The van der Waals surface area contributed by atoms with Gasteiger partial charge in [0, 0.05) is 11.5 Å². The highest BCUT2D eigenvalue weighted by Crippen LogP contribution is 2.51. The van der Waals surface area contributed by atoms with Gasteiger partial charge in [-0.2, -0.15) is 5.10 Å². The number of hydrazone groups is 1. The number of nitrogens with zero attached hydrogens (tertiary/aromatic N) is 2. The number of carbonyl (C=O) groups excluding carboxylic acids is 1. The molecule has 3 N–H and O–H groups in total. The SMILES string of the molecule is CCCCC1(c2ccccc2)SC(c2cc(F)ccc2F)=NN1C(=O)[C@@H](C)CC.N. The van der Waals surface area contributed by atoms with Gasteiger partial charge in [0.15, 0.2) is 0 Å². The summed E-state index contributed by atoms with van der Waals surface area (Å²) in [5.41, 5.74) is 1.02. The molecular weight excluding hydrogens is 404 g/mol. The molecule has 2 aromatic rings. The van der Waals surface area contributed by atoms with E-state index in [9.17, 15) is 13.6 Å². The van der Waals surface area contributed by atoms with Crippen LogP contribution in [0.2, 0.25) is 0 Å². The lowest BCUT2D eigenvalue weighted by atomic mass is 9.98. The Hall–Kier alpha value is -2.25. The number of carbonyl (C=O) groups is 1. The standard InChI is InChI=1S/C23H26F2N2OS.H3N/c1-4-6-14-23(17-10-8-7-9-11-17)27(22(28)16(3)5-2)26-21(29-23)19-15-18(24)12-13-20(19)25;/h7-13,15-16H,4-6,14H2,1-3H3;1H3/t16-,23?;/m0./s1. The van der Waals surface area contributed by atoms with Gasteiger partial charge in [0.25, 0.3) is 0 Å². The Labute approximate surface area is 181 Å². The van der Waals surface area contributed by atoms with Crippen LogP contribution in [-0.2, 0) is 9.67 Å². The molecular formula is C23H29F2N3OS. The quantitative estimate of drug-likeness (QED) is 0.545. The number of halogens is 2. The summed E-state index contributed by atoms with van der Waals surface area (Å²) in [5.74, 6) is -1.41. The third-order valence-electron chi connectivity index (χ3n) is 5.29. The molecule has 0 saturated carbocycles.